The molecule has 0 spiro atoms. The molecule has 0 aromatic carbocycles. The molecule has 21 heavy (non-hydrogen) atoms. The monoisotopic (exact) mass is 284 g/mol. The molecule has 3 heterocycles. The zero-order chi connectivity index (χ0) is 14.7. The minimum atomic E-state index is 0.354. The molecule has 0 aliphatic carbocycles. The van der Waals surface area contributed by atoms with Crippen molar-refractivity contribution in [2.75, 3.05) is 25.5 Å². The van der Waals surface area contributed by atoms with Crippen LogP contribution in [0.3, 0.4) is 0 Å². The quantitative estimate of drug-likeness (QED) is 0.851. The highest BCUT2D eigenvalue weighted by molar-refractivity contribution is 5.26. The first kappa shape index (κ1) is 13.9. The van der Waals surface area contributed by atoms with Gasteiger partial charge in [0.25, 0.3) is 0 Å². The molecule has 1 saturated heterocycles. The Morgan fingerprint density at radius 3 is 2.62 bits per heavy atom. The van der Waals surface area contributed by atoms with Crippen molar-refractivity contribution in [1.29, 1.82) is 0 Å². The van der Waals surface area contributed by atoms with Crippen molar-refractivity contribution in [2.24, 2.45) is 0 Å². The van der Waals surface area contributed by atoms with Crippen LogP contribution in [0.25, 0.3) is 0 Å². The average molecular weight is 284 g/mol. The maximum absolute atomic E-state index is 4.45. The number of aromatic nitrogens is 4. The number of anilines is 1. The normalized spacial score (nSPS) is 18.9. The lowest BCUT2D eigenvalue weighted by Crippen LogP contribution is -2.24. The van der Waals surface area contributed by atoms with Crippen LogP contribution in [0, 0.1) is 0 Å². The van der Waals surface area contributed by atoms with E-state index >= 15 is 0 Å². The summed E-state index contributed by atoms with van der Waals surface area (Å²) in [6, 6.07) is 0.354. The van der Waals surface area contributed by atoms with Crippen molar-refractivity contribution in [1.82, 2.24) is 24.8 Å². The lowest BCUT2D eigenvalue weighted by Gasteiger charge is -2.23. The van der Waals surface area contributed by atoms with Gasteiger partial charge < -0.3 is 4.90 Å². The van der Waals surface area contributed by atoms with Gasteiger partial charge in [-0.15, -0.1) is 0 Å². The maximum Gasteiger partial charge on any atom is 0.224 e. The summed E-state index contributed by atoms with van der Waals surface area (Å²) in [6.07, 6.45) is 11.5. The fourth-order valence-electron chi connectivity index (χ4n) is 2.73. The highest BCUT2D eigenvalue weighted by atomic mass is 15.2. The topological polar surface area (TPSA) is 58.0 Å². The number of nitrogens with zero attached hydrogens (tertiary/aromatic N) is 6. The summed E-state index contributed by atoms with van der Waals surface area (Å²) in [4.78, 5) is 21.7. The van der Waals surface area contributed by atoms with Crippen LogP contribution in [0.1, 0.15) is 30.1 Å². The first-order chi connectivity index (χ1) is 10.2. The lowest BCUT2D eigenvalue weighted by molar-refractivity contribution is 0.243. The standard InChI is InChI=1S/C15H20N6/c1-20(2)15-18-8-12(9-19-15)11-21-7-3-4-14(21)13-10-16-5-6-17-13/h5-6,8-10,14H,3-4,7,11H2,1-2H3/t14-/m0/s1. The number of hydrogen-bond donors (Lipinski definition) is 0. The molecule has 0 N–H and O–H groups in total. The maximum atomic E-state index is 4.45. The van der Waals surface area contributed by atoms with Crippen molar-refractivity contribution in [3.8, 4) is 0 Å². The van der Waals surface area contributed by atoms with Crippen LogP contribution in [0.2, 0.25) is 0 Å². The first-order valence-electron chi connectivity index (χ1n) is 7.22. The number of likely N-dealkylation sites (tertiary alicyclic amines) is 1. The molecule has 2 aromatic rings. The Bertz CT molecular complexity index is 568. The summed E-state index contributed by atoms with van der Waals surface area (Å²) in [5.74, 6) is 0.741. The van der Waals surface area contributed by atoms with E-state index in [1.54, 1.807) is 12.4 Å². The van der Waals surface area contributed by atoms with Crippen molar-refractivity contribution in [3.05, 3.63) is 42.2 Å². The van der Waals surface area contributed by atoms with E-state index < -0.39 is 0 Å². The molecule has 1 aliphatic rings. The van der Waals surface area contributed by atoms with Crippen molar-refractivity contribution >= 4 is 5.95 Å². The third-order valence-corrected chi connectivity index (χ3v) is 3.77. The Morgan fingerprint density at radius 1 is 1.14 bits per heavy atom. The van der Waals surface area contributed by atoms with Crippen LogP contribution in [0.4, 0.5) is 5.95 Å². The van der Waals surface area contributed by atoms with Gasteiger partial charge >= 0.3 is 0 Å². The molecule has 0 saturated carbocycles. The average Bonchev–Trinajstić information content (AvgIpc) is 2.97. The molecule has 6 nitrogen and oxygen atoms in total. The van der Waals surface area contributed by atoms with Crippen LogP contribution in [0.15, 0.2) is 31.0 Å². The largest absolute Gasteiger partial charge is 0.347 e. The Labute approximate surface area is 124 Å². The SMILES string of the molecule is CN(C)c1ncc(CN2CCC[C@H]2c2cnccn2)cn1. The molecular weight excluding hydrogens is 264 g/mol. The van der Waals surface area contributed by atoms with Gasteiger partial charge in [-0.25, -0.2) is 9.97 Å². The van der Waals surface area contributed by atoms with E-state index in [0.29, 0.717) is 6.04 Å². The second-order valence-corrected chi connectivity index (χ2v) is 5.54. The summed E-state index contributed by atoms with van der Waals surface area (Å²) in [6.45, 7) is 1.94. The fourth-order valence-corrected chi connectivity index (χ4v) is 2.73. The van der Waals surface area contributed by atoms with E-state index in [1.807, 2.05) is 37.6 Å². The minimum absolute atomic E-state index is 0.354. The second-order valence-electron chi connectivity index (χ2n) is 5.54. The molecule has 6 heteroatoms. The van der Waals surface area contributed by atoms with E-state index in [2.05, 4.69) is 24.8 Å². The summed E-state index contributed by atoms with van der Waals surface area (Å²) < 4.78 is 0. The molecule has 1 aliphatic heterocycles. The molecule has 0 amide bonds. The smallest absolute Gasteiger partial charge is 0.224 e. The van der Waals surface area contributed by atoms with Gasteiger partial charge in [-0.05, 0) is 19.4 Å². The first-order valence-corrected chi connectivity index (χ1v) is 7.22. The van der Waals surface area contributed by atoms with Gasteiger partial charge in [0, 0.05) is 57.2 Å². The molecule has 1 atom stereocenters. The molecule has 110 valence electrons. The summed E-state index contributed by atoms with van der Waals surface area (Å²) in [7, 11) is 3.89. The van der Waals surface area contributed by atoms with Crippen LogP contribution in [0.5, 0.6) is 0 Å². The Hall–Kier alpha value is -2.08. The summed E-state index contributed by atoms with van der Waals surface area (Å²) in [5, 5.41) is 0. The molecule has 3 rings (SSSR count). The van der Waals surface area contributed by atoms with E-state index in [4.69, 9.17) is 0 Å². The van der Waals surface area contributed by atoms with Crippen LogP contribution < -0.4 is 4.90 Å². The molecule has 0 unspecified atom stereocenters. The summed E-state index contributed by atoms with van der Waals surface area (Å²) >= 11 is 0. The molecule has 0 radical (unpaired) electrons. The molecule has 2 aromatic heterocycles. The van der Waals surface area contributed by atoms with Crippen LogP contribution >= 0.6 is 0 Å². The molecule has 1 fully saturated rings. The predicted octanol–water partition coefficient (Wildman–Crippen LogP) is 1.67. The predicted molar refractivity (Wildman–Crippen MR) is 80.8 cm³/mol. The van der Waals surface area contributed by atoms with Gasteiger partial charge in [0.1, 0.15) is 0 Å². The van der Waals surface area contributed by atoms with Gasteiger partial charge in [-0.1, -0.05) is 0 Å². The zero-order valence-electron chi connectivity index (χ0n) is 12.5. The van der Waals surface area contributed by atoms with Gasteiger partial charge in [0.05, 0.1) is 11.7 Å². The Morgan fingerprint density at radius 2 is 1.95 bits per heavy atom. The van der Waals surface area contributed by atoms with Crippen LogP contribution in [-0.4, -0.2) is 45.5 Å². The fraction of sp³-hybridized carbons (Fsp3) is 0.467. The van der Waals surface area contributed by atoms with Crippen molar-refractivity contribution in [2.45, 2.75) is 25.4 Å². The minimum Gasteiger partial charge on any atom is -0.347 e. The van der Waals surface area contributed by atoms with E-state index in [1.165, 1.54) is 6.42 Å². The number of rotatable bonds is 4. The Kier molecular flexibility index (Phi) is 4.06. The lowest BCUT2D eigenvalue weighted by atomic mass is 10.1. The third-order valence-electron chi connectivity index (χ3n) is 3.77. The molecular formula is C15H20N6. The van der Waals surface area contributed by atoms with Gasteiger partial charge in [0.15, 0.2) is 0 Å². The van der Waals surface area contributed by atoms with Crippen molar-refractivity contribution in [3.63, 3.8) is 0 Å². The zero-order valence-corrected chi connectivity index (χ0v) is 12.5. The highest BCUT2D eigenvalue weighted by Gasteiger charge is 2.27. The van der Waals surface area contributed by atoms with E-state index in [0.717, 1.165) is 36.7 Å². The van der Waals surface area contributed by atoms with Gasteiger partial charge in [-0.2, -0.15) is 0 Å². The second kappa shape index (κ2) is 6.13. The van der Waals surface area contributed by atoms with E-state index in [9.17, 15) is 0 Å². The van der Waals surface area contributed by atoms with E-state index in [-0.39, 0.29) is 0 Å². The third kappa shape index (κ3) is 3.16. The highest BCUT2D eigenvalue weighted by Crippen LogP contribution is 2.31. The van der Waals surface area contributed by atoms with Crippen molar-refractivity contribution < 1.29 is 0 Å². The molecule has 0 bridgehead atoms. The van der Waals surface area contributed by atoms with Gasteiger partial charge in [0.2, 0.25) is 5.95 Å². The number of hydrogen-bond acceptors (Lipinski definition) is 6. The summed E-state index contributed by atoms with van der Waals surface area (Å²) in [5.41, 5.74) is 2.19. The van der Waals surface area contributed by atoms with Gasteiger partial charge in [-0.3, -0.25) is 14.9 Å². The van der Waals surface area contributed by atoms with Crippen LogP contribution in [-0.2, 0) is 6.54 Å². The Balaban J connectivity index is 1.71.